The molecule has 2 rings (SSSR count). The molecule has 0 saturated heterocycles. The van der Waals surface area contributed by atoms with Gasteiger partial charge in [0.05, 0.1) is 6.10 Å². The number of anilines is 1. The number of carbonyl (C=O) groups is 1. The van der Waals surface area contributed by atoms with Crippen LogP contribution >= 0.6 is 0 Å². The summed E-state index contributed by atoms with van der Waals surface area (Å²) in [5.74, 6) is 0.151. The molecular weight excluding hydrogens is 298 g/mol. The van der Waals surface area contributed by atoms with Crippen molar-refractivity contribution in [2.24, 2.45) is 5.92 Å². The molecule has 3 nitrogen and oxygen atoms in total. The van der Waals surface area contributed by atoms with Crippen molar-refractivity contribution in [3.05, 3.63) is 71.8 Å². The third-order valence-electron chi connectivity index (χ3n) is 3.96. The third kappa shape index (κ3) is 4.80. The van der Waals surface area contributed by atoms with Crippen LogP contribution in [0.2, 0.25) is 0 Å². The van der Waals surface area contributed by atoms with Crippen molar-refractivity contribution in [3.8, 4) is 0 Å². The molecule has 2 aromatic rings. The molecule has 0 bridgehead atoms. The molecule has 1 atom stereocenters. The molecule has 0 saturated carbocycles. The minimum atomic E-state index is -0.484. The summed E-state index contributed by atoms with van der Waals surface area (Å²) in [6.45, 7) is 6.03. The fraction of sp³-hybridized carbons (Fsp3) is 0.286. The van der Waals surface area contributed by atoms with E-state index in [2.05, 4.69) is 0 Å². The number of aliphatic hydroxyl groups is 1. The first-order valence-corrected chi connectivity index (χ1v) is 8.26. The van der Waals surface area contributed by atoms with Crippen LogP contribution in [-0.4, -0.2) is 17.6 Å². The van der Waals surface area contributed by atoms with Gasteiger partial charge in [-0.1, -0.05) is 68.5 Å². The van der Waals surface area contributed by atoms with E-state index in [1.807, 2.05) is 80.6 Å². The Morgan fingerprint density at radius 1 is 1.08 bits per heavy atom. The predicted octanol–water partition coefficient (Wildman–Crippen LogP) is 4.44. The highest BCUT2D eigenvalue weighted by Gasteiger charge is 2.14. The van der Waals surface area contributed by atoms with E-state index in [4.69, 9.17) is 0 Å². The topological polar surface area (TPSA) is 40.5 Å². The Hall–Kier alpha value is -2.39. The van der Waals surface area contributed by atoms with E-state index < -0.39 is 6.10 Å². The molecule has 0 fully saturated rings. The summed E-state index contributed by atoms with van der Waals surface area (Å²) in [5.41, 5.74) is 2.81. The maximum absolute atomic E-state index is 12.0. The lowest BCUT2D eigenvalue weighted by Gasteiger charge is -2.21. The van der Waals surface area contributed by atoms with Crippen LogP contribution < -0.4 is 4.90 Å². The van der Waals surface area contributed by atoms with Gasteiger partial charge in [0.2, 0.25) is 5.91 Å². The second-order valence-corrected chi connectivity index (χ2v) is 6.22. The molecule has 1 N–H and O–H groups in total. The molecule has 1 unspecified atom stereocenters. The van der Waals surface area contributed by atoms with Crippen molar-refractivity contribution in [1.29, 1.82) is 0 Å². The van der Waals surface area contributed by atoms with Gasteiger partial charge in [-0.3, -0.25) is 4.79 Å². The van der Waals surface area contributed by atoms with Gasteiger partial charge in [0, 0.05) is 19.2 Å². The second kappa shape index (κ2) is 8.46. The lowest BCUT2D eigenvalue weighted by Crippen LogP contribution is -2.28. The van der Waals surface area contributed by atoms with Gasteiger partial charge >= 0.3 is 0 Å². The Balaban J connectivity index is 2.10. The Morgan fingerprint density at radius 3 is 2.25 bits per heavy atom. The predicted molar refractivity (Wildman–Crippen MR) is 99.7 cm³/mol. The zero-order valence-corrected chi connectivity index (χ0v) is 14.5. The third-order valence-corrected chi connectivity index (χ3v) is 3.96. The zero-order valence-electron chi connectivity index (χ0n) is 14.5. The number of benzene rings is 2. The van der Waals surface area contributed by atoms with E-state index in [-0.39, 0.29) is 11.8 Å². The Morgan fingerprint density at radius 2 is 1.71 bits per heavy atom. The van der Waals surface area contributed by atoms with Crippen molar-refractivity contribution >= 4 is 17.7 Å². The standard InChI is InChI=1S/C21H25NO2/c1-16(2)21(24)19-11-13-20(14-12-19)22(17(3)23)15-7-10-18-8-5-4-6-9-18/h4-14,16,21,24H,15H2,1-3H3/b10-7+. The summed E-state index contributed by atoms with van der Waals surface area (Å²) in [5, 5.41) is 10.1. The Labute approximate surface area is 144 Å². The van der Waals surface area contributed by atoms with Crippen molar-refractivity contribution in [2.45, 2.75) is 26.9 Å². The molecule has 0 spiro atoms. The Kier molecular flexibility index (Phi) is 6.33. The second-order valence-electron chi connectivity index (χ2n) is 6.22. The number of rotatable bonds is 6. The van der Waals surface area contributed by atoms with Gasteiger partial charge in [0.25, 0.3) is 0 Å². The fourth-order valence-electron chi connectivity index (χ4n) is 2.51. The maximum Gasteiger partial charge on any atom is 0.224 e. The average Bonchev–Trinajstić information content (AvgIpc) is 2.59. The van der Waals surface area contributed by atoms with Crippen LogP contribution in [0.4, 0.5) is 5.69 Å². The maximum atomic E-state index is 12.0. The molecule has 24 heavy (non-hydrogen) atoms. The molecular formula is C21H25NO2. The molecule has 0 aliphatic rings. The van der Waals surface area contributed by atoms with E-state index in [1.165, 1.54) is 0 Å². The number of amides is 1. The van der Waals surface area contributed by atoms with Gasteiger partial charge in [-0.05, 0) is 29.2 Å². The minimum Gasteiger partial charge on any atom is -0.388 e. The van der Waals surface area contributed by atoms with Crippen LogP contribution in [0.5, 0.6) is 0 Å². The molecule has 0 radical (unpaired) electrons. The highest BCUT2D eigenvalue weighted by Crippen LogP contribution is 2.24. The van der Waals surface area contributed by atoms with Gasteiger partial charge < -0.3 is 10.0 Å². The van der Waals surface area contributed by atoms with Gasteiger partial charge in [-0.25, -0.2) is 0 Å². The van der Waals surface area contributed by atoms with Crippen LogP contribution in [0.3, 0.4) is 0 Å². The Bertz CT molecular complexity index is 675. The molecule has 0 aliphatic carbocycles. The van der Waals surface area contributed by atoms with Gasteiger partial charge in [0.1, 0.15) is 0 Å². The van der Waals surface area contributed by atoms with Crippen molar-refractivity contribution in [2.75, 3.05) is 11.4 Å². The molecule has 0 heterocycles. The summed E-state index contributed by atoms with van der Waals surface area (Å²) in [7, 11) is 0. The number of hydrogen-bond acceptors (Lipinski definition) is 2. The van der Waals surface area contributed by atoms with Crippen molar-refractivity contribution in [1.82, 2.24) is 0 Å². The summed E-state index contributed by atoms with van der Waals surface area (Å²) < 4.78 is 0. The quantitative estimate of drug-likeness (QED) is 0.853. The smallest absolute Gasteiger partial charge is 0.224 e. The molecule has 0 aromatic heterocycles. The highest BCUT2D eigenvalue weighted by molar-refractivity contribution is 5.91. The first-order valence-electron chi connectivity index (χ1n) is 8.26. The lowest BCUT2D eigenvalue weighted by atomic mass is 9.99. The van der Waals surface area contributed by atoms with E-state index in [0.717, 1.165) is 16.8 Å². The number of carbonyl (C=O) groups excluding carboxylic acids is 1. The lowest BCUT2D eigenvalue weighted by molar-refractivity contribution is -0.116. The van der Waals surface area contributed by atoms with Crippen LogP contribution in [0.15, 0.2) is 60.7 Å². The normalized spacial score (nSPS) is 12.5. The van der Waals surface area contributed by atoms with Gasteiger partial charge in [0.15, 0.2) is 0 Å². The van der Waals surface area contributed by atoms with E-state index in [9.17, 15) is 9.90 Å². The van der Waals surface area contributed by atoms with Crippen LogP contribution in [0.25, 0.3) is 6.08 Å². The molecule has 126 valence electrons. The number of nitrogens with zero attached hydrogens (tertiary/aromatic N) is 1. The monoisotopic (exact) mass is 323 g/mol. The molecule has 2 aromatic carbocycles. The SMILES string of the molecule is CC(=O)N(C/C=C/c1ccccc1)c1ccc(C(O)C(C)C)cc1. The van der Waals surface area contributed by atoms with Gasteiger partial charge in [-0.2, -0.15) is 0 Å². The minimum absolute atomic E-state index is 0.00938. The summed E-state index contributed by atoms with van der Waals surface area (Å²) in [6, 6.07) is 17.5. The van der Waals surface area contributed by atoms with Crippen LogP contribution in [0, 0.1) is 5.92 Å². The largest absolute Gasteiger partial charge is 0.388 e. The van der Waals surface area contributed by atoms with E-state index in [1.54, 1.807) is 11.8 Å². The zero-order chi connectivity index (χ0) is 17.5. The van der Waals surface area contributed by atoms with Crippen molar-refractivity contribution < 1.29 is 9.90 Å². The fourth-order valence-corrected chi connectivity index (χ4v) is 2.51. The summed E-state index contributed by atoms with van der Waals surface area (Å²) in [6.07, 6.45) is 3.50. The van der Waals surface area contributed by atoms with Crippen molar-refractivity contribution in [3.63, 3.8) is 0 Å². The van der Waals surface area contributed by atoms with E-state index >= 15 is 0 Å². The first-order chi connectivity index (χ1) is 11.5. The highest BCUT2D eigenvalue weighted by atomic mass is 16.3. The summed E-state index contributed by atoms with van der Waals surface area (Å²) in [4.78, 5) is 13.7. The molecule has 3 heteroatoms. The van der Waals surface area contributed by atoms with Crippen LogP contribution in [0.1, 0.15) is 38.0 Å². The van der Waals surface area contributed by atoms with E-state index in [0.29, 0.717) is 6.54 Å². The molecule has 1 amide bonds. The van der Waals surface area contributed by atoms with Gasteiger partial charge in [-0.15, -0.1) is 0 Å². The number of hydrogen-bond donors (Lipinski definition) is 1. The van der Waals surface area contributed by atoms with Crippen LogP contribution in [-0.2, 0) is 4.79 Å². The molecule has 0 aliphatic heterocycles. The average molecular weight is 323 g/mol. The number of aliphatic hydroxyl groups excluding tert-OH is 1. The first kappa shape index (κ1) is 18.0. The summed E-state index contributed by atoms with van der Waals surface area (Å²) >= 11 is 0.